The van der Waals surface area contributed by atoms with Gasteiger partial charge in [0.15, 0.2) is 0 Å². The molecule has 0 amide bonds. The summed E-state index contributed by atoms with van der Waals surface area (Å²) in [4.78, 5) is 11.7. The fourth-order valence-electron chi connectivity index (χ4n) is 3.84. The van der Waals surface area contributed by atoms with Gasteiger partial charge in [-0.15, -0.1) is 0 Å². The molecular formula is C28H23FO3. The Hall–Kier alpha value is -3.92. The molecule has 0 heterocycles. The summed E-state index contributed by atoms with van der Waals surface area (Å²) in [7, 11) is 1.66. The summed E-state index contributed by atoms with van der Waals surface area (Å²) in [6.07, 6.45) is 5.45. The molecule has 0 aromatic heterocycles. The smallest absolute Gasteiger partial charge is 0.336 e. The number of hydrogen-bond donors (Lipinski definition) is 1. The van der Waals surface area contributed by atoms with E-state index >= 15 is 0 Å². The summed E-state index contributed by atoms with van der Waals surface area (Å²) in [5.41, 5.74) is 3.78. The van der Waals surface area contributed by atoms with Crippen molar-refractivity contribution in [1.29, 1.82) is 0 Å². The van der Waals surface area contributed by atoms with Gasteiger partial charge in [0.1, 0.15) is 11.6 Å². The van der Waals surface area contributed by atoms with Crippen molar-refractivity contribution < 1.29 is 19.0 Å². The molecule has 0 aliphatic rings. The zero-order valence-corrected chi connectivity index (χ0v) is 17.7. The lowest BCUT2D eigenvalue weighted by Crippen LogP contribution is -1.99. The minimum absolute atomic E-state index is 0.240. The van der Waals surface area contributed by atoms with Crippen molar-refractivity contribution in [1.82, 2.24) is 0 Å². The van der Waals surface area contributed by atoms with Crippen molar-refractivity contribution in [3.8, 4) is 16.9 Å². The minimum Gasteiger partial charge on any atom is -0.497 e. The van der Waals surface area contributed by atoms with Gasteiger partial charge in [-0.3, -0.25) is 0 Å². The summed E-state index contributed by atoms with van der Waals surface area (Å²) in [5.74, 6) is -0.446. The third-order valence-electron chi connectivity index (χ3n) is 5.52. The van der Waals surface area contributed by atoms with Gasteiger partial charge >= 0.3 is 5.97 Å². The predicted molar refractivity (Wildman–Crippen MR) is 127 cm³/mol. The Morgan fingerprint density at radius 2 is 1.75 bits per heavy atom. The largest absolute Gasteiger partial charge is 0.497 e. The van der Waals surface area contributed by atoms with Gasteiger partial charge in [0.25, 0.3) is 0 Å². The van der Waals surface area contributed by atoms with Crippen LogP contribution in [-0.2, 0) is 6.42 Å². The van der Waals surface area contributed by atoms with E-state index in [4.69, 9.17) is 4.74 Å². The van der Waals surface area contributed by atoms with E-state index in [2.05, 4.69) is 18.2 Å². The van der Waals surface area contributed by atoms with Crippen molar-refractivity contribution in [3.05, 3.63) is 107 Å². The SMILES string of the molecule is COc1ccc2c(CC/C=C/c3cc(-c4ccc(F)cc4)ccc3C(=O)O)cccc2c1. The molecule has 32 heavy (non-hydrogen) atoms. The average molecular weight is 426 g/mol. The van der Waals surface area contributed by atoms with Crippen LogP contribution in [0.3, 0.4) is 0 Å². The maximum atomic E-state index is 13.2. The molecule has 0 atom stereocenters. The zero-order chi connectivity index (χ0) is 22.5. The lowest BCUT2D eigenvalue weighted by atomic mass is 9.97. The van der Waals surface area contributed by atoms with E-state index in [9.17, 15) is 14.3 Å². The van der Waals surface area contributed by atoms with Gasteiger partial charge in [0, 0.05) is 0 Å². The summed E-state index contributed by atoms with van der Waals surface area (Å²) < 4.78 is 18.5. The number of aromatic carboxylic acids is 1. The van der Waals surface area contributed by atoms with Crippen LogP contribution in [0.15, 0.2) is 84.9 Å². The van der Waals surface area contributed by atoms with Crippen molar-refractivity contribution in [2.45, 2.75) is 12.8 Å². The molecule has 0 unspecified atom stereocenters. The maximum absolute atomic E-state index is 13.2. The van der Waals surface area contributed by atoms with Crippen LogP contribution in [0.1, 0.15) is 27.9 Å². The van der Waals surface area contributed by atoms with Gasteiger partial charge in [0.05, 0.1) is 12.7 Å². The molecule has 0 saturated carbocycles. The first-order valence-electron chi connectivity index (χ1n) is 10.4. The van der Waals surface area contributed by atoms with Crippen molar-refractivity contribution >= 4 is 22.8 Å². The lowest BCUT2D eigenvalue weighted by molar-refractivity contribution is 0.0696. The second kappa shape index (κ2) is 9.48. The van der Waals surface area contributed by atoms with Crippen LogP contribution in [0.25, 0.3) is 28.0 Å². The molecule has 1 N–H and O–H groups in total. The van der Waals surface area contributed by atoms with E-state index in [-0.39, 0.29) is 11.4 Å². The Bertz CT molecular complexity index is 1290. The Balaban J connectivity index is 1.55. The maximum Gasteiger partial charge on any atom is 0.336 e. The molecule has 0 fully saturated rings. The summed E-state index contributed by atoms with van der Waals surface area (Å²) in [6.45, 7) is 0. The molecule has 0 bridgehead atoms. The molecule has 0 aliphatic heterocycles. The molecule has 4 aromatic rings. The molecule has 160 valence electrons. The number of carboxylic acids is 1. The highest BCUT2D eigenvalue weighted by Gasteiger charge is 2.10. The molecule has 3 nitrogen and oxygen atoms in total. The highest BCUT2D eigenvalue weighted by Crippen LogP contribution is 2.26. The monoisotopic (exact) mass is 426 g/mol. The fourth-order valence-corrected chi connectivity index (χ4v) is 3.84. The second-order valence-electron chi connectivity index (χ2n) is 7.56. The Kier molecular flexibility index (Phi) is 6.31. The fraction of sp³-hybridized carbons (Fsp3) is 0.107. The Labute approximate surface area is 186 Å². The standard InChI is InChI=1S/C28H23FO3/c1-32-25-14-16-26-20(7-4-8-23(26)18-25)5-2-3-6-22-17-21(11-15-27(22)28(30)31)19-9-12-24(29)13-10-19/h3-4,6-18H,2,5H2,1H3,(H,30,31)/b6-3+. The summed E-state index contributed by atoms with van der Waals surface area (Å²) >= 11 is 0. The highest BCUT2D eigenvalue weighted by molar-refractivity contribution is 5.93. The van der Waals surface area contributed by atoms with Gasteiger partial charge in [-0.25, -0.2) is 9.18 Å². The van der Waals surface area contributed by atoms with Gasteiger partial charge in [0.2, 0.25) is 0 Å². The average Bonchev–Trinajstić information content (AvgIpc) is 2.81. The van der Waals surface area contributed by atoms with Crippen LogP contribution in [-0.4, -0.2) is 18.2 Å². The van der Waals surface area contributed by atoms with Crippen molar-refractivity contribution in [3.63, 3.8) is 0 Å². The van der Waals surface area contributed by atoms with Gasteiger partial charge in [-0.1, -0.05) is 54.6 Å². The number of allylic oxidation sites excluding steroid dienone is 1. The molecular weight excluding hydrogens is 403 g/mol. The lowest BCUT2D eigenvalue weighted by Gasteiger charge is -2.08. The predicted octanol–water partition coefficient (Wildman–Crippen LogP) is 7.00. The molecule has 0 saturated heterocycles. The van der Waals surface area contributed by atoms with Crippen LogP contribution >= 0.6 is 0 Å². The van der Waals surface area contributed by atoms with E-state index in [1.807, 2.05) is 36.4 Å². The normalized spacial score (nSPS) is 11.2. The van der Waals surface area contributed by atoms with Gasteiger partial charge in [-0.05, 0) is 82.3 Å². The number of rotatable bonds is 7. The van der Waals surface area contributed by atoms with Crippen molar-refractivity contribution in [2.75, 3.05) is 7.11 Å². The van der Waals surface area contributed by atoms with Crippen LogP contribution < -0.4 is 4.74 Å². The van der Waals surface area contributed by atoms with E-state index in [0.29, 0.717) is 5.56 Å². The molecule has 0 radical (unpaired) electrons. The first kappa shape index (κ1) is 21.3. The number of benzene rings is 4. The van der Waals surface area contributed by atoms with E-state index in [0.717, 1.165) is 35.1 Å². The van der Waals surface area contributed by atoms with Crippen LogP contribution in [0.5, 0.6) is 5.75 Å². The van der Waals surface area contributed by atoms with Crippen LogP contribution in [0.2, 0.25) is 0 Å². The third kappa shape index (κ3) is 4.70. The highest BCUT2D eigenvalue weighted by atomic mass is 19.1. The molecule has 4 heteroatoms. The van der Waals surface area contributed by atoms with Gasteiger partial charge in [-0.2, -0.15) is 0 Å². The topological polar surface area (TPSA) is 46.5 Å². The number of ether oxygens (including phenoxy) is 1. The van der Waals surface area contributed by atoms with E-state index in [1.165, 1.54) is 23.1 Å². The number of fused-ring (bicyclic) bond motifs is 1. The number of methoxy groups -OCH3 is 1. The number of halogens is 1. The molecule has 4 rings (SSSR count). The number of carbonyl (C=O) groups is 1. The van der Waals surface area contributed by atoms with Crippen molar-refractivity contribution in [2.24, 2.45) is 0 Å². The number of aryl methyl sites for hydroxylation is 1. The summed E-state index contributed by atoms with van der Waals surface area (Å²) in [5, 5.41) is 11.9. The Morgan fingerprint density at radius 1 is 0.969 bits per heavy atom. The zero-order valence-electron chi connectivity index (χ0n) is 17.7. The summed E-state index contributed by atoms with van der Waals surface area (Å²) in [6, 6.07) is 23.6. The second-order valence-corrected chi connectivity index (χ2v) is 7.56. The molecule has 0 spiro atoms. The molecule has 4 aromatic carbocycles. The number of hydrogen-bond acceptors (Lipinski definition) is 2. The Morgan fingerprint density at radius 3 is 2.50 bits per heavy atom. The van der Waals surface area contributed by atoms with E-state index in [1.54, 1.807) is 31.4 Å². The van der Waals surface area contributed by atoms with Crippen LogP contribution in [0, 0.1) is 5.82 Å². The first-order valence-corrected chi connectivity index (χ1v) is 10.4. The first-order chi connectivity index (χ1) is 15.5. The third-order valence-corrected chi connectivity index (χ3v) is 5.52. The number of carboxylic acid groups (broad SMARTS) is 1. The van der Waals surface area contributed by atoms with E-state index < -0.39 is 5.97 Å². The quantitative estimate of drug-likeness (QED) is 0.346. The minimum atomic E-state index is -0.974. The van der Waals surface area contributed by atoms with Crippen LogP contribution in [0.4, 0.5) is 4.39 Å². The van der Waals surface area contributed by atoms with Gasteiger partial charge < -0.3 is 9.84 Å². The molecule has 0 aliphatic carbocycles.